The average Bonchev–Trinajstić information content (AvgIpc) is 2.33. The van der Waals surface area contributed by atoms with Crippen molar-refractivity contribution in [2.75, 3.05) is 6.54 Å². The number of nitrogens with one attached hydrogen (secondary N) is 1. The van der Waals surface area contributed by atoms with Gasteiger partial charge in [-0.05, 0) is 30.7 Å². The highest BCUT2D eigenvalue weighted by Crippen LogP contribution is 2.37. The van der Waals surface area contributed by atoms with Crippen molar-refractivity contribution in [3.05, 3.63) is 34.9 Å². The Bertz CT molecular complexity index is 491. The van der Waals surface area contributed by atoms with E-state index in [1.165, 1.54) is 6.92 Å². The quantitative estimate of drug-likeness (QED) is 0.837. The largest absolute Gasteiger partial charge is 0.480 e. The molecule has 0 amide bonds. The highest BCUT2D eigenvalue weighted by Gasteiger charge is 2.37. The number of hydrogen-bond acceptors (Lipinski definition) is 2. The second kappa shape index (κ2) is 5.92. The van der Waals surface area contributed by atoms with E-state index in [-0.39, 0.29) is 11.6 Å². The molecule has 1 unspecified atom stereocenters. The molecule has 2 N–H and O–H groups in total. The Kier molecular flexibility index (Phi) is 4.87. The first kappa shape index (κ1) is 17.3. The molecule has 0 fully saturated rings. The monoisotopic (exact) mass is 315 g/mol. The number of benzene rings is 1. The van der Waals surface area contributed by atoms with E-state index in [0.717, 1.165) is 0 Å². The maximum Gasteiger partial charge on any atom is 0.416 e. The van der Waals surface area contributed by atoms with Gasteiger partial charge < -0.3 is 10.4 Å². The number of carboxylic acids is 1. The zero-order valence-corrected chi connectivity index (χ0v) is 10.6. The third kappa shape index (κ3) is 4.92. The van der Waals surface area contributed by atoms with Crippen LogP contribution >= 0.6 is 0 Å². The number of carbonyl (C=O) groups is 1. The predicted octanol–water partition coefficient (Wildman–Crippen LogP) is 3.46. The van der Waals surface area contributed by atoms with Gasteiger partial charge in [-0.2, -0.15) is 26.3 Å². The summed E-state index contributed by atoms with van der Waals surface area (Å²) in [6.07, 6.45) is -9.86. The number of carboxylic acid groups (broad SMARTS) is 1. The van der Waals surface area contributed by atoms with Crippen molar-refractivity contribution in [1.82, 2.24) is 5.32 Å². The van der Waals surface area contributed by atoms with Gasteiger partial charge in [0.1, 0.15) is 0 Å². The highest BCUT2D eigenvalue weighted by atomic mass is 19.4. The second-order valence-electron chi connectivity index (χ2n) is 4.34. The summed E-state index contributed by atoms with van der Waals surface area (Å²) in [5, 5.41) is 10.8. The van der Waals surface area contributed by atoms with Crippen LogP contribution in [0.15, 0.2) is 18.2 Å². The van der Waals surface area contributed by atoms with Crippen LogP contribution in [0.25, 0.3) is 0 Å². The number of aliphatic carboxylic acids is 1. The average molecular weight is 315 g/mol. The first-order valence-electron chi connectivity index (χ1n) is 5.66. The molecule has 9 heteroatoms. The van der Waals surface area contributed by atoms with E-state index >= 15 is 0 Å². The van der Waals surface area contributed by atoms with Crippen LogP contribution in [-0.4, -0.2) is 17.6 Å². The van der Waals surface area contributed by atoms with Gasteiger partial charge in [-0.25, -0.2) is 0 Å². The molecule has 1 atom stereocenters. The molecule has 0 saturated heterocycles. The fourth-order valence-electron chi connectivity index (χ4n) is 1.59. The normalized spacial score (nSPS) is 14.0. The van der Waals surface area contributed by atoms with Crippen molar-refractivity contribution in [2.45, 2.75) is 25.3 Å². The lowest BCUT2D eigenvalue weighted by atomic mass is 10.0. The van der Waals surface area contributed by atoms with Crippen LogP contribution < -0.4 is 5.32 Å². The van der Waals surface area contributed by atoms with Crippen LogP contribution in [0.3, 0.4) is 0 Å². The van der Waals surface area contributed by atoms with Crippen LogP contribution in [0.2, 0.25) is 0 Å². The van der Waals surface area contributed by atoms with Crippen LogP contribution in [0, 0.1) is 0 Å². The minimum Gasteiger partial charge on any atom is -0.480 e. The van der Waals surface area contributed by atoms with Gasteiger partial charge >= 0.3 is 18.3 Å². The van der Waals surface area contributed by atoms with E-state index in [0.29, 0.717) is 12.1 Å². The molecule has 0 aliphatic rings. The fraction of sp³-hybridized carbons (Fsp3) is 0.417. The molecule has 3 nitrogen and oxygen atoms in total. The summed E-state index contributed by atoms with van der Waals surface area (Å²) < 4.78 is 75.8. The van der Waals surface area contributed by atoms with E-state index in [9.17, 15) is 31.1 Å². The molecule has 1 rings (SSSR count). The molecule has 118 valence electrons. The number of hydrogen-bond donors (Lipinski definition) is 2. The van der Waals surface area contributed by atoms with Crippen molar-refractivity contribution in [2.24, 2.45) is 0 Å². The van der Waals surface area contributed by atoms with E-state index in [4.69, 9.17) is 5.11 Å². The highest BCUT2D eigenvalue weighted by molar-refractivity contribution is 5.69. The Balaban J connectivity index is 3.22. The van der Waals surface area contributed by atoms with Crippen molar-refractivity contribution in [1.29, 1.82) is 0 Å². The summed E-state index contributed by atoms with van der Waals surface area (Å²) in [6, 6.07) is 0.168. The van der Waals surface area contributed by atoms with E-state index < -0.39 is 42.0 Å². The molecular weight excluding hydrogens is 304 g/mol. The Morgan fingerprint density at radius 1 is 1.10 bits per heavy atom. The first-order valence-corrected chi connectivity index (χ1v) is 5.66. The third-order valence-electron chi connectivity index (χ3n) is 2.67. The van der Waals surface area contributed by atoms with Crippen LogP contribution in [-0.2, 0) is 17.1 Å². The first-order chi connectivity index (χ1) is 9.41. The molecule has 0 radical (unpaired) electrons. The van der Waals surface area contributed by atoms with Crippen LogP contribution in [0.4, 0.5) is 26.3 Å². The minimum absolute atomic E-state index is 0.0212. The molecule has 0 heterocycles. The maximum atomic E-state index is 12.6. The van der Waals surface area contributed by atoms with Gasteiger partial charge in [-0.15, -0.1) is 0 Å². The summed E-state index contributed by atoms with van der Waals surface area (Å²) >= 11 is 0. The molecule has 1 aromatic carbocycles. The van der Waals surface area contributed by atoms with Crippen LogP contribution in [0.1, 0.15) is 29.7 Å². The van der Waals surface area contributed by atoms with E-state index in [1.54, 1.807) is 0 Å². The zero-order chi connectivity index (χ0) is 16.4. The molecule has 0 spiro atoms. The van der Waals surface area contributed by atoms with Gasteiger partial charge in [-0.1, -0.05) is 0 Å². The summed E-state index contributed by atoms with van der Waals surface area (Å²) in [5.41, 5.74) is -3.16. The Labute approximate surface area is 115 Å². The van der Waals surface area contributed by atoms with Crippen molar-refractivity contribution in [3.63, 3.8) is 0 Å². The second-order valence-corrected chi connectivity index (χ2v) is 4.34. The molecule has 0 aliphatic carbocycles. The van der Waals surface area contributed by atoms with Gasteiger partial charge in [0.15, 0.2) is 0 Å². The summed E-state index contributed by atoms with van der Waals surface area (Å²) in [7, 11) is 0. The summed E-state index contributed by atoms with van der Waals surface area (Å²) in [5.74, 6) is -1.27. The number of rotatable bonds is 4. The standard InChI is InChI=1S/C12H11F6NO2/c1-6(19-5-10(20)21)7-2-8(11(13,14)15)4-9(3-7)12(16,17)18/h2-4,6,19H,5H2,1H3,(H,20,21). The van der Waals surface area contributed by atoms with Gasteiger partial charge in [0, 0.05) is 6.04 Å². The Hall–Kier alpha value is -1.77. The number of alkyl halides is 6. The Morgan fingerprint density at radius 2 is 1.52 bits per heavy atom. The van der Waals surface area contributed by atoms with Gasteiger partial charge in [-0.3, -0.25) is 4.79 Å². The summed E-state index contributed by atoms with van der Waals surface area (Å²) in [4.78, 5) is 10.4. The predicted molar refractivity (Wildman–Crippen MR) is 60.5 cm³/mol. The molecule has 21 heavy (non-hydrogen) atoms. The van der Waals surface area contributed by atoms with Gasteiger partial charge in [0.25, 0.3) is 0 Å². The Morgan fingerprint density at radius 3 is 1.86 bits per heavy atom. The van der Waals surface area contributed by atoms with E-state index in [2.05, 4.69) is 5.32 Å². The maximum absolute atomic E-state index is 12.6. The third-order valence-corrected chi connectivity index (χ3v) is 2.67. The summed E-state index contributed by atoms with van der Waals surface area (Å²) in [6.45, 7) is 0.692. The molecule has 0 bridgehead atoms. The lowest BCUT2D eigenvalue weighted by Gasteiger charge is -2.18. The van der Waals surface area contributed by atoms with Crippen molar-refractivity contribution in [3.8, 4) is 0 Å². The van der Waals surface area contributed by atoms with Crippen molar-refractivity contribution >= 4 is 5.97 Å². The van der Waals surface area contributed by atoms with Gasteiger partial charge in [0.05, 0.1) is 17.7 Å². The van der Waals surface area contributed by atoms with Crippen LogP contribution in [0.5, 0.6) is 0 Å². The van der Waals surface area contributed by atoms with E-state index in [1.807, 2.05) is 0 Å². The number of halogens is 6. The SMILES string of the molecule is CC(NCC(=O)O)c1cc(C(F)(F)F)cc(C(F)(F)F)c1. The smallest absolute Gasteiger partial charge is 0.416 e. The molecule has 0 aliphatic heterocycles. The molecule has 0 aromatic heterocycles. The lowest BCUT2D eigenvalue weighted by Crippen LogP contribution is -2.26. The van der Waals surface area contributed by atoms with Gasteiger partial charge in [0.2, 0.25) is 0 Å². The zero-order valence-electron chi connectivity index (χ0n) is 10.6. The molecular formula is C12H11F6NO2. The molecule has 1 aromatic rings. The van der Waals surface area contributed by atoms with Crippen molar-refractivity contribution < 1.29 is 36.2 Å². The lowest BCUT2D eigenvalue weighted by molar-refractivity contribution is -0.143. The minimum atomic E-state index is -4.93. The fourth-order valence-corrected chi connectivity index (χ4v) is 1.59. The molecule has 0 saturated carbocycles. The topological polar surface area (TPSA) is 49.3 Å².